The lowest BCUT2D eigenvalue weighted by Crippen LogP contribution is -2.42. The number of imidazole rings is 2. The van der Waals surface area contributed by atoms with Crippen molar-refractivity contribution in [3.63, 3.8) is 0 Å². The maximum absolute atomic E-state index is 10.5. The Bertz CT molecular complexity index is 1560. The van der Waals surface area contributed by atoms with Gasteiger partial charge in [-0.15, -0.1) is 0 Å². The number of fused-ring (bicyclic) bond motifs is 2. The molecule has 4 aromatic rings. The molecular formula is C28H40Cl2N8O4Si. The monoisotopic (exact) mass is 650 g/mol. The average molecular weight is 652 g/mol. The van der Waals surface area contributed by atoms with Gasteiger partial charge in [-0.1, -0.05) is 44.0 Å². The van der Waals surface area contributed by atoms with Gasteiger partial charge >= 0.3 is 0 Å². The number of aliphatic hydroxyl groups excluding tert-OH is 3. The van der Waals surface area contributed by atoms with Crippen LogP contribution < -0.4 is 0 Å². The van der Waals surface area contributed by atoms with E-state index in [0.29, 0.717) is 52.9 Å². The highest BCUT2D eigenvalue weighted by Crippen LogP contribution is 2.41. The quantitative estimate of drug-likeness (QED) is 0.199. The smallest absolute Gasteiger partial charge is 0.191 e. The second-order valence-electron chi connectivity index (χ2n) is 13.1. The molecule has 6 atom stereocenters. The molecule has 15 heteroatoms. The van der Waals surface area contributed by atoms with Crippen molar-refractivity contribution >= 4 is 53.8 Å². The molecule has 234 valence electrons. The van der Waals surface area contributed by atoms with Crippen LogP contribution in [0, 0.1) is 11.8 Å². The first-order valence-corrected chi connectivity index (χ1v) is 18.2. The Balaban J connectivity index is 0.000000180. The fourth-order valence-corrected chi connectivity index (χ4v) is 7.11. The van der Waals surface area contributed by atoms with Crippen LogP contribution in [-0.2, 0) is 4.43 Å². The number of aliphatic hydroxyl groups is 3. The molecule has 0 amide bonds. The summed E-state index contributed by atoms with van der Waals surface area (Å²) in [5.74, 6) is 0.0543. The summed E-state index contributed by atoms with van der Waals surface area (Å²) >= 11 is 12.0. The summed E-state index contributed by atoms with van der Waals surface area (Å²) in [5, 5.41) is 30.4. The molecule has 2 aliphatic rings. The fraction of sp³-hybridized carbons (Fsp3) is 0.643. The Labute approximate surface area is 261 Å². The Morgan fingerprint density at radius 2 is 1.26 bits per heavy atom. The maximum atomic E-state index is 10.5. The van der Waals surface area contributed by atoms with Gasteiger partial charge in [0.05, 0.1) is 24.9 Å². The molecule has 2 aliphatic carbocycles. The van der Waals surface area contributed by atoms with E-state index >= 15 is 0 Å². The van der Waals surface area contributed by atoms with Gasteiger partial charge in [0, 0.05) is 37.1 Å². The summed E-state index contributed by atoms with van der Waals surface area (Å²) in [6.45, 7) is 11.8. The zero-order valence-electron chi connectivity index (χ0n) is 25.1. The van der Waals surface area contributed by atoms with Gasteiger partial charge in [0.25, 0.3) is 0 Å². The van der Waals surface area contributed by atoms with Gasteiger partial charge in [-0.3, -0.25) is 0 Å². The second kappa shape index (κ2) is 12.6. The zero-order chi connectivity index (χ0) is 31.1. The lowest BCUT2D eigenvalue weighted by molar-refractivity contribution is 0.0906. The van der Waals surface area contributed by atoms with Gasteiger partial charge in [0.15, 0.2) is 29.9 Å². The van der Waals surface area contributed by atoms with E-state index in [-0.39, 0.29) is 41.7 Å². The maximum Gasteiger partial charge on any atom is 0.191 e. The molecular weight excluding hydrogens is 611 g/mol. The van der Waals surface area contributed by atoms with E-state index in [1.165, 1.54) is 12.7 Å². The molecule has 2 fully saturated rings. The van der Waals surface area contributed by atoms with E-state index in [4.69, 9.17) is 27.6 Å². The van der Waals surface area contributed by atoms with Gasteiger partial charge in [-0.25, -0.2) is 29.9 Å². The first-order chi connectivity index (χ1) is 20.3. The lowest BCUT2D eigenvalue weighted by Gasteiger charge is -2.37. The summed E-state index contributed by atoms with van der Waals surface area (Å²) in [6.07, 6.45) is 8.26. The van der Waals surface area contributed by atoms with Gasteiger partial charge in [0.2, 0.25) is 0 Å². The largest absolute Gasteiger partial charge is 0.416 e. The van der Waals surface area contributed by atoms with Gasteiger partial charge in [-0.2, -0.15) is 0 Å². The minimum absolute atomic E-state index is 0.0000364. The Morgan fingerprint density at radius 1 is 0.791 bits per heavy atom. The van der Waals surface area contributed by atoms with Crippen LogP contribution in [0.4, 0.5) is 0 Å². The van der Waals surface area contributed by atoms with Crippen LogP contribution in [0.5, 0.6) is 0 Å². The van der Waals surface area contributed by atoms with Crippen molar-refractivity contribution in [1.29, 1.82) is 0 Å². The molecule has 0 saturated heterocycles. The number of rotatable bonds is 6. The van der Waals surface area contributed by atoms with Crippen molar-refractivity contribution in [1.82, 2.24) is 39.0 Å². The molecule has 0 unspecified atom stereocenters. The predicted octanol–water partition coefficient (Wildman–Crippen LogP) is 4.60. The van der Waals surface area contributed by atoms with Crippen LogP contribution in [0.2, 0.25) is 28.4 Å². The molecule has 3 N–H and O–H groups in total. The minimum Gasteiger partial charge on any atom is -0.416 e. The third-order valence-electron chi connectivity index (χ3n) is 9.38. The predicted molar refractivity (Wildman–Crippen MR) is 166 cm³/mol. The second-order valence-corrected chi connectivity index (χ2v) is 18.7. The molecule has 4 aromatic heterocycles. The molecule has 4 heterocycles. The molecule has 0 radical (unpaired) electrons. The highest BCUT2D eigenvalue weighted by atomic mass is 35.5. The molecule has 0 bridgehead atoms. The fourth-order valence-electron chi connectivity index (χ4n) is 5.69. The number of nitrogens with zero attached hydrogens (tertiary/aromatic N) is 8. The van der Waals surface area contributed by atoms with Crippen molar-refractivity contribution in [2.24, 2.45) is 11.8 Å². The van der Waals surface area contributed by atoms with E-state index < -0.39 is 14.4 Å². The van der Waals surface area contributed by atoms with E-state index in [1.54, 1.807) is 12.7 Å². The molecule has 6 rings (SSSR count). The number of halogens is 2. The summed E-state index contributed by atoms with van der Waals surface area (Å²) < 4.78 is 10.2. The van der Waals surface area contributed by atoms with Gasteiger partial charge in [-0.05, 0) is 43.8 Å². The first-order valence-electron chi connectivity index (χ1n) is 14.6. The highest BCUT2D eigenvalue weighted by molar-refractivity contribution is 6.74. The molecule has 0 aromatic carbocycles. The summed E-state index contributed by atoms with van der Waals surface area (Å²) in [7, 11) is -1.81. The normalized spacial score (nSPS) is 26.3. The molecule has 43 heavy (non-hydrogen) atoms. The van der Waals surface area contributed by atoms with Gasteiger partial charge in [0.1, 0.15) is 23.7 Å². The molecule has 12 nitrogen and oxygen atoms in total. The minimum atomic E-state index is -1.81. The lowest BCUT2D eigenvalue weighted by atomic mass is 10.1. The first kappa shape index (κ1) is 32.1. The number of hydrogen-bond acceptors (Lipinski definition) is 10. The van der Waals surface area contributed by atoms with Crippen molar-refractivity contribution in [3.8, 4) is 0 Å². The van der Waals surface area contributed by atoms with Gasteiger partial charge < -0.3 is 28.9 Å². The van der Waals surface area contributed by atoms with E-state index in [1.807, 2.05) is 9.13 Å². The molecule has 2 saturated carbocycles. The number of hydrogen-bond donors (Lipinski definition) is 3. The van der Waals surface area contributed by atoms with Crippen LogP contribution in [-0.4, -0.2) is 88.1 Å². The molecule has 0 aliphatic heterocycles. The summed E-state index contributed by atoms with van der Waals surface area (Å²) in [5.41, 5.74) is 2.58. The highest BCUT2D eigenvalue weighted by Gasteiger charge is 2.41. The van der Waals surface area contributed by atoms with Crippen molar-refractivity contribution < 1.29 is 19.7 Å². The third-order valence-corrected chi connectivity index (χ3v) is 14.4. The van der Waals surface area contributed by atoms with Crippen LogP contribution in [0.15, 0.2) is 25.3 Å². The van der Waals surface area contributed by atoms with E-state index in [0.717, 1.165) is 12.1 Å². The Hall–Kier alpha value is -2.26. The van der Waals surface area contributed by atoms with E-state index in [2.05, 4.69) is 63.8 Å². The van der Waals surface area contributed by atoms with Crippen molar-refractivity contribution in [2.75, 3.05) is 13.2 Å². The Kier molecular flexibility index (Phi) is 9.43. The average Bonchev–Trinajstić information content (AvgIpc) is 3.72. The molecule has 0 spiro atoms. The number of aromatic nitrogens is 8. The summed E-state index contributed by atoms with van der Waals surface area (Å²) in [4.78, 5) is 24.9. The zero-order valence-corrected chi connectivity index (χ0v) is 27.6. The summed E-state index contributed by atoms with van der Waals surface area (Å²) in [6, 6.07) is 0.243. The van der Waals surface area contributed by atoms with Crippen molar-refractivity contribution in [2.45, 2.75) is 88.9 Å². The van der Waals surface area contributed by atoms with E-state index in [9.17, 15) is 15.3 Å². The van der Waals surface area contributed by atoms with Crippen LogP contribution >= 0.6 is 23.2 Å². The Morgan fingerprint density at radius 3 is 1.70 bits per heavy atom. The SMILES string of the molecule is CC(C)(C)[Si](C)(C)OC[C@H]1C[C@@H](n2cnc3c(Cl)ncnc32)C[C@@H]1O.OC[C@H]1C[C@@H](n2cnc3c(Cl)ncnc32)C[C@@H]1O. The topological polar surface area (TPSA) is 157 Å². The van der Waals surface area contributed by atoms with Crippen LogP contribution in [0.25, 0.3) is 22.3 Å². The standard InChI is InChI=1S/C17H27ClN4O2Si.C11H13ClN4O2/c1-17(2,3)25(4,5)24-8-11-6-12(7-13(11)23)22-10-21-14-15(18)19-9-20-16(14)22;12-10-9-11(14-4-13-10)16(5-15-9)7-1-6(3-17)8(18)2-7/h9-13,23H,6-8H2,1-5H3;4-8,17-18H,1-3H2/t11-,12-,13+;6-,7-,8+/m11/s1. The third kappa shape index (κ3) is 6.58. The van der Waals surface area contributed by atoms with Crippen LogP contribution in [0.3, 0.4) is 0 Å². The van der Waals surface area contributed by atoms with Crippen molar-refractivity contribution in [3.05, 3.63) is 35.6 Å². The van der Waals surface area contributed by atoms with Crippen LogP contribution in [0.1, 0.15) is 58.5 Å².